The van der Waals surface area contributed by atoms with E-state index in [1.807, 2.05) is 12.1 Å². The fraction of sp³-hybridized carbons (Fsp3) is 0.143. The molecule has 0 aliphatic carbocycles. The normalized spacial score (nSPS) is 16.2. The van der Waals surface area contributed by atoms with Gasteiger partial charge in [0, 0.05) is 35.4 Å². The van der Waals surface area contributed by atoms with Crippen LogP contribution >= 0.6 is 15.9 Å². The zero-order valence-electron chi connectivity index (χ0n) is 15.9. The van der Waals surface area contributed by atoms with Crippen LogP contribution in [0.25, 0.3) is 16.6 Å². The first-order valence-electron chi connectivity index (χ1n) is 9.60. The van der Waals surface area contributed by atoms with Crippen molar-refractivity contribution in [2.75, 3.05) is 6.54 Å². The molecular weight excluding hydrogens is 467 g/mol. The van der Waals surface area contributed by atoms with Crippen molar-refractivity contribution < 1.29 is 13.6 Å². The highest BCUT2D eigenvalue weighted by molar-refractivity contribution is 9.10. The molecule has 31 heavy (non-hydrogen) atoms. The van der Waals surface area contributed by atoms with Gasteiger partial charge in [-0.05, 0) is 40.2 Å². The standard InChI is InChI=1S/C21H14BrFN6O2/c22-11-1-3-16-13(8-26-29(16)9-11)21(30)28-6-5-14-18(25-10-24-14)19(28)20-27-15-7-12(23)2-4-17(15)31-20/h1-4,7-10,19H,5-6H2,(H,24,25)/t19-/m0/s1. The molecular formula is C21H14BrFN6O2. The molecule has 1 amide bonds. The number of carbonyl (C=O) groups is 1. The third-order valence-electron chi connectivity index (χ3n) is 5.50. The van der Waals surface area contributed by atoms with Crippen LogP contribution in [-0.2, 0) is 6.42 Å². The van der Waals surface area contributed by atoms with Crippen LogP contribution in [0.5, 0.6) is 0 Å². The van der Waals surface area contributed by atoms with E-state index < -0.39 is 11.9 Å². The number of oxazole rings is 1. The summed E-state index contributed by atoms with van der Waals surface area (Å²) < 4.78 is 22.1. The number of pyridine rings is 1. The monoisotopic (exact) mass is 480 g/mol. The van der Waals surface area contributed by atoms with Crippen molar-refractivity contribution in [1.82, 2.24) is 29.5 Å². The molecule has 5 heterocycles. The fourth-order valence-corrected chi connectivity index (χ4v) is 4.39. The van der Waals surface area contributed by atoms with Gasteiger partial charge in [0.15, 0.2) is 11.6 Å². The van der Waals surface area contributed by atoms with Gasteiger partial charge in [0.25, 0.3) is 5.91 Å². The predicted molar refractivity (Wildman–Crippen MR) is 112 cm³/mol. The van der Waals surface area contributed by atoms with Gasteiger partial charge >= 0.3 is 0 Å². The number of aromatic nitrogens is 5. The number of amides is 1. The van der Waals surface area contributed by atoms with E-state index in [1.54, 1.807) is 28.1 Å². The SMILES string of the molecule is O=C(c1cnn2cc(Br)ccc12)N1CCc2[nH]cnc2[C@H]1c1nc2cc(F)ccc2o1. The van der Waals surface area contributed by atoms with Crippen molar-refractivity contribution in [3.63, 3.8) is 0 Å². The molecule has 1 aliphatic heterocycles. The van der Waals surface area contributed by atoms with Crippen LogP contribution in [0.15, 0.2) is 57.9 Å². The average Bonchev–Trinajstić information content (AvgIpc) is 3.49. The Hall–Kier alpha value is -3.53. The summed E-state index contributed by atoms with van der Waals surface area (Å²) >= 11 is 3.42. The molecule has 8 nitrogen and oxygen atoms in total. The van der Waals surface area contributed by atoms with Crippen LogP contribution in [0.2, 0.25) is 0 Å². The molecule has 10 heteroatoms. The Morgan fingerprint density at radius 1 is 1.29 bits per heavy atom. The molecule has 1 aliphatic rings. The molecule has 5 aromatic rings. The summed E-state index contributed by atoms with van der Waals surface area (Å²) in [6.07, 6.45) is 5.57. The summed E-state index contributed by atoms with van der Waals surface area (Å²) in [6, 6.07) is 7.23. The lowest BCUT2D eigenvalue weighted by Gasteiger charge is -2.32. The van der Waals surface area contributed by atoms with E-state index in [0.717, 1.165) is 10.2 Å². The van der Waals surface area contributed by atoms with Crippen LogP contribution in [-0.4, -0.2) is 41.9 Å². The summed E-state index contributed by atoms with van der Waals surface area (Å²) in [4.78, 5) is 27.4. The highest BCUT2D eigenvalue weighted by Crippen LogP contribution is 2.36. The molecule has 0 unspecified atom stereocenters. The van der Waals surface area contributed by atoms with Crippen LogP contribution in [0.1, 0.15) is 33.7 Å². The first-order chi connectivity index (χ1) is 15.1. The molecule has 0 saturated heterocycles. The molecule has 1 atom stereocenters. The predicted octanol–water partition coefficient (Wildman–Crippen LogP) is 3.89. The van der Waals surface area contributed by atoms with Gasteiger partial charge in [-0.2, -0.15) is 5.10 Å². The van der Waals surface area contributed by atoms with Crippen molar-refractivity contribution in [3.05, 3.63) is 82.2 Å². The number of nitrogens with zero attached hydrogens (tertiary/aromatic N) is 5. The number of hydrogen-bond acceptors (Lipinski definition) is 5. The van der Waals surface area contributed by atoms with Gasteiger partial charge in [0.2, 0.25) is 5.89 Å². The fourth-order valence-electron chi connectivity index (χ4n) is 4.06. The molecule has 4 aromatic heterocycles. The van der Waals surface area contributed by atoms with Gasteiger partial charge in [-0.1, -0.05) is 0 Å². The molecule has 1 N–H and O–H groups in total. The van der Waals surface area contributed by atoms with Crippen LogP contribution in [0.4, 0.5) is 4.39 Å². The Morgan fingerprint density at radius 3 is 3.10 bits per heavy atom. The van der Waals surface area contributed by atoms with E-state index in [4.69, 9.17) is 4.42 Å². The number of rotatable bonds is 2. The number of imidazole rings is 1. The van der Waals surface area contributed by atoms with Crippen molar-refractivity contribution in [2.45, 2.75) is 12.5 Å². The summed E-state index contributed by atoms with van der Waals surface area (Å²) in [6.45, 7) is 0.444. The van der Waals surface area contributed by atoms with E-state index >= 15 is 0 Å². The Bertz CT molecular complexity index is 1470. The lowest BCUT2D eigenvalue weighted by molar-refractivity contribution is 0.0669. The molecule has 0 radical (unpaired) electrons. The molecule has 1 aromatic carbocycles. The van der Waals surface area contributed by atoms with E-state index in [1.165, 1.54) is 18.2 Å². The number of hydrogen-bond donors (Lipinski definition) is 1. The third-order valence-corrected chi connectivity index (χ3v) is 5.97. The highest BCUT2D eigenvalue weighted by atomic mass is 79.9. The molecule has 154 valence electrons. The third kappa shape index (κ3) is 2.86. The largest absolute Gasteiger partial charge is 0.438 e. The lowest BCUT2D eigenvalue weighted by Crippen LogP contribution is -2.40. The van der Waals surface area contributed by atoms with E-state index in [-0.39, 0.29) is 5.91 Å². The second-order valence-corrected chi connectivity index (χ2v) is 8.23. The second kappa shape index (κ2) is 6.74. The average molecular weight is 481 g/mol. The summed E-state index contributed by atoms with van der Waals surface area (Å²) in [5.41, 5.74) is 3.60. The minimum Gasteiger partial charge on any atom is -0.438 e. The van der Waals surface area contributed by atoms with E-state index in [9.17, 15) is 9.18 Å². The number of aromatic amines is 1. The Balaban J connectivity index is 1.48. The zero-order chi connectivity index (χ0) is 21.1. The van der Waals surface area contributed by atoms with Crippen molar-refractivity contribution in [3.8, 4) is 0 Å². The smallest absolute Gasteiger partial charge is 0.258 e. The highest BCUT2D eigenvalue weighted by Gasteiger charge is 2.38. The quantitative estimate of drug-likeness (QED) is 0.413. The van der Waals surface area contributed by atoms with Crippen molar-refractivity contribution in [1.29, 1.82) is 0 Å². The lowest BCUT2D eigenvalue weighted by atomic mass is 10.0. The van der Waals surface area contributed by atoms with Crippen LogP contribution in [0, 0.1) is 5.82 Å². The number of benzene rings is 1. The summed E-state index contributed by atoms with van der Waals surface area (Å²) in [5.74, 6) is -0.312. The Labute approximate surface area is 182 Å². The number of halogens is 2. The molecule has 0 saturated carbocycles. The number of nitrogens with one attached hydrogen (secondary N) is 1. The minimum atomic E-state index is -0.636. The first kappa shape index (κ1) is 18.3. The Kier molecular flexibility index (Phi) is 3.97. The topological polar surface area (TPSA) is 92.3 Å². The zero-order valence-corrected chi connectivity index (χ0v) is 17.5. The molecule has 0 fully saturated rings. The molecule has 0 bridgehead atoms. The Morgan fingerprint density at radius 2 is 2.19 bits per heavy atom. The van der Waals surface area contributed by atoms with E-state index in [2.05, 4.69) is 36.0 Å². The van der Waals surface area contributed by atoms with Gasteiger partial charge in [-0.15, -0.1) is 0 Å². The maximum absolute atomic E-state index is 13.7. The summed E-state index contributed by atoms with van der Waals surface area (Å²) in [5, 5.41) is 4.31. The van der Waals surface area contributed by atoms with Crippen LogP contribution < -0.4 is 0 Å². The van der Waals surface area contributed by atoms with Crippen molar-refractivity contribution >= 4 is 38.5 Å². The minimum absolute atomic E-state index is 0.204. The summed E-state index contributed by atoms with van der Waals surface area (Å²) in [7, 11) is 0. The van der Waals surface area contributed by atoms with Crippen LogP contribution in [0.3, 0.4) is 0 Å². The van der Waals surface area contributed by atoms with Gasteiger partial charge < -0.3 is 14.3 Å². The number of fused-ring (bicyclic) bond motifs is 3. The van der Waals surface area contributed by atoms with Gasteiger partial charge in [-0.25, -0.2) is 18.9 Å². The number of carbonyl (C=O) groups excluding carboxylic acids is 1. The van der Waals surface area contributed by atoms with Crippen molar-refractivity contribution in [2.24, 2.45) is 0 Å². The maximum atomic E-state index is 13.7. The molecule has 0 spiro atoms. The van der Waals surface area contributed by atoms with Gasteiger partial charge in [-0.3, -0.25) is 4.79 Å². The first-order valence-corrected chi connectivity index (χ1v) is 10.4. The number of H-pyrrole nitrogens is 1. The molecule has 6 rings (SSSR count). The van der Waals surface area contributed by atoms with Gasteiger partial charge in [0.1, 0.15) is 11.3 Å². The van der Waals surface area contributed by atoms with E-state index in [0.29, 0.717) is 46.7 Å². The van der Waals surface area contributed by atoms with Gasteiger partial charge in [0.05, 0.1) is 29.3 Å². The second-order valence-electron chi connectivity index (χ2n) is 7.32. The maximum Gasteiger partial charge on any atom is 0.258 e.